The van der Waals surface area contributed by atoms with Gasteiger partial charge in [-0.05, 0) is 42.8 Å². The van der Waals surface area contributed by atoms with E-state index in [2.05, 4.69) is 5.32 Å². The summed E-state index contributed by atoms with van der Waals surface area (Å²) in [6.07, 6.45) is -2.57. The number of rotatable bonds is 5. The molecule has 2 aromatic carbocycles. The number of anilines is 2. The second-order valence-corrected chi connectivity index (χ2v) is 4.79. The number of alkyl halides is 2. The van der Waals surface area contributed by atoms with E-state index >= 15 is 0 Å². The average Bonchev–Trinajstić information content (AvgIpc) is 2.49. The van der Waals surface area contributed by atoms with Gasteiger partial charge >= 0.3 is 0 Å². The first-order valence-electron chi connectivity index (χ1n) is 6.59. The van der Waals surface area contributed by atoms with Crippen molar-refractivity contribution in [3.05, 3.63) is 53.6 Å². The Kier molecular flexibility index (Phi) is 4.62. The molecule has 2 aromatic rings. The van der Waals surface area contributed by atoms with Gasteiger partial charge < -0.3 is 15.8 Å². The molecule has 3 N–H and O–H groups in total. The number of hydrogen-bond donors (Lipinski definition) is 2. The van der Waals surface area contributed by atoms with Gasteiger partial charge in [0.15, 0.2) is 0 Å². The normalized spacial score (nSPS) is 12.2. The van der Waals surface area contributed by atoms with Crippen molar-refractivity contribution in [3.63, 3.8) is 0 Å². The molecule has 0 saturated heterocycles. The standard InChI is InChI=1S/C16H18F2N2O/c1-10(11-3-6-13(21-2)7-4-11)20-15-8-5-12(19)9-14(15)16(17)18/h3-10,16,20H,19H2,1-2H3. The first-order chi connectivity index (χ1) is 10.0. The van der Waals surface area contributed by atoms with E-state index in [9.17, 15) is 8.78 Å². The van der Waals surface area contributed by atoms with Crippen LogP contribution in [0.4, 0.5) is 20.2 Å². The number of ether oxygens (including phenoxy) is 1. The van der Waals surface area contributed by atoms with Gasteiger partial charge in [0.05, 0.1) is 7.11 Å². The Morgan fingerprint density at radius 2 is 1.76 bits per heavy atom. The summed E-state index contributed by atoms with van der Waals surface area (Å²) >= 11 is 0. The third kappa shape index (κ3) is 3.62. The van der Waals surface area contributed by atoms with Crippen molar-refractivity contribution in [1.82, 2.24) is 0 Å². The molecule has 0 heterocycles. The Morgan fingerprint density at radius 1 is 1.10 bits per heavy atom. The highest BCUT2D eigenvalue weighted by Gasteiger charge is 2.15. The molecule has 0 aliphatic heterocycles. The Hall–Kier alpha value is -2.30. The van der Waals surface area contributed by atoms with Gasteiger partial charge in [-0.3, -0.25) is 0 Å². The first kappa shape index (κ1) is 15.1. The van der Waals surface area contributed by atoms with E-state index in [1.807, 2.05) is 31.2 Å². The highest BCUT2D eigenvalue weighted by molar-refractivity contribution is 5.59. The zero-order chi connectivity index (χ0) is 15.4. The van der Waals surface area contributed by atoms with Crippen LogP contribution >= 0.6 is 0 Å². The molecule has 0 aliphatic rings. The SMILES string of the molecule is COc1ccc(C(C)Nc2ccc(N)cc2C(F)F)cc1. The molecule has 112 valence electrons. The van der Waals surface area contributed by atoms with Crippen LogP contribution in [0, 0.1) is 0 Å². The van der Waals surface area contributed by atoms with Crippen LogP contribution in [0.2, 0.25) is 0 Å². The Bertz CT molecular complexity index is 600. The van der Waals surface area contributed by atoms with Crippen LogP contribution in [0.3, 0.4) is 0 Å². The summed E-state index contributed by atoms with van der Waals surface area (Å²) in [6.45, 7) is 1.91. The van der Waals surface area contributed by atoms with Crippen LogP contribution in [0.15, 0.2) is 42.5 Å². The van der Waals surface area contributed by atoms with Gasteiger partial charge in [0, 0.05) is 23.0 Å². The van der Waals surface area contributed by atoms with Gasteiger partial charge in [-0.2, -0.15) is 0 Å². The molecule has 0 bridgehead atoms. The van der Waals surface area contributed by atoms with E-state index < -0.39 is 6.43 Å². The maximum atomic E-state index is 13.0. The lowest BCUT2D eigenvalue weighted by Gasteiger charge is -2.19. The molecule has 2 rings (SSSR count). The molecule has 0 saturated carbocycles. The average molecular weight is 292 g/mol. The fourth-order valence-electron chi connectivity index (χ4n) is 2.10. The molecule has 1 atom stereocenters. The van der Waals surface area contributed by atoms with Crippen LogP contribution in [0.1, 0.15) is 30.5 Å². The van der Waals surface area contributed by atoms with Gasteiger partial charge in [0.1, 0.15) is 5.75 Å². The minimum Gasteiger partial charge on any atom is -0.497 e. The lowest BCUT2D eigenvalue weighted by atomic mass is 10.1. The van der Waals surface area contributed by atoms with Crippen molar-refractivity contribution in [2.75, 3.05) is 18.2 Å². The van der Waals surface area contributed by atoms with Crippen LogP contribution in [0.25, 0.3) is 0 Å². The van der Waals surface area contributed by atoms with Crippen molar-refractivity contribution in [1.29, 1.82) is 0 Å². The van der Waals surface area contributed by atoms with Crippen molar-refractivity contribution >= 4 is 11.4 Å². The third-order valence-electron chi connectivity index (χ3n) is 3.30. The predicted octanol–water partition coefficient (Wildman–Crippen LogP) is 4.39. The topological polar surface area (TPSA) is 47.3 Å². The molecule has 0 fully saturated rings. The van der Waals surface area contributed by atoms with Crippen molar-refractivity contribution in [2.24, 2.45) is 0 Å². The Labute approximate surface area is 122 Å². The molecule has 0 aliphatic carbocycles. The van der Waals surface area contributed by atoms with Crippen molar-refractivity contribution < 1.29 is 13.5 Å². The zero-order valence-electron chi connectivity index (χ0n) is 11.9. The highest BCUT2D eigenvalue weighted by atomic mass is 19.3. The quantitative estimate of drug-likeness (QED) is 0.804. The second-order valence-electron chi connectivity index (χ2n) is 4.79. The van der Waals surface area contributed by atoms with Gasteiger partial charge in [-0.1, -0.05) is 12.1 Å². The lowest BCUT2D eigenvalue weighted by molar-refractivity contribution is 0.152. The summed E-state index contributed by atoms with van der Waals surface area (Å²) in [4.78, 5) is 0. The van der Waals surface area contributed by atoms with Crippen molar-refractivity contribution in [3.8, 4) is 5.75 Å². The number of nitrogen functional groups attached to an aromatic ring is 1. The number of hydrogen-bond acceptors (Lipinski definition) is 3. The molecule has 1 unspecified atom stereocenters. The maximum Gasteiger partial charge on any atom is 0.265 e. The summed E-state index contributed by atoms with van der Waals surface area (Å²) in [7, 11) is 1.60. The molecule has 0 spiro atoms. The molecular weight excluding hydrogens is 274 g/mol. The van der Waals surface area contributed by atoms with E-state index in [0.29, 0.717) is 11.4 Å². The first-order valence-corrected chi connectivity index (χ1v) is 6.59. The van der Waals surface area contributed by atoms with Crippen molar-refractivity contribution in [2.45, 2.75) is 19.4 Å². The molecule has 21 heavy (non-hydrogen) atoms. The van der Waals surface area contributed by atoms with Crippen LogP contribution in [-0.2, 0) is 0 Å². The van der Waals surface area contributed by atoms with E-state index in [1.54, 1.807) is 19.2 Å². The predicted molar refractivity (Wildman–Crippen MR) is 80.8 cm³/mol. The van der Waals surface area contributed by atoms with Crippen LogP contribution < -0.4 is 15.8 Å². The summed E-state index contributed by atoms with van der Waals surface area (Å²) in [5.41, 5.74) is 7.17. The summed E-state index contributed by atoms with van der Waals surface area (Å²) < 4.78 is 31.2. The van der Waals surface area contributed by atoms with Gasteiger partial charge in [0.25, 0.3) is 6.43 Å². The summed E-state index contributed by atoms with van der Waals surface area (Å²) in [6, 6.07) is 11.8. The zero-order valence-corrected chi connectivity index (χ0v) is 11.9. The third-order valence-corrected chi connectivity index (χ3v) is 3.30. The largest absolute Gasteiger partial charge is 0.497 e. The van der Waals surface area contributed by atoms with E-state index in [-0.39, 0.29) is 11.6 Å². The molecular formula is C16H18F2N2O. The fourth-order valence-corrected chi connectivity index (χ4v) is 2.10. The number of nitrogens with one attached hydrogen (secondary N) is 1. The highest BCUT2D eigenvalue weighted by Crippen LogP contribution is 2.31. The Morgan fingerprint density at radius 3 is 2.33 bits per heavy atom. The number of benzene rings is 2. The fraction of sp³-hybridized carbons (Fsp3) is 0.250. The molecule has 0 amide bonds. The van der Waals surface area contributed by atoms with Crippen LogP contribution in [0.5, 0.6) is 5.75 Å². The second kappa shape index (κ2) is 6.43. The number of halogens is 2. The minimum absolute atomic E-state index is 0.0876. The number of methoxy groups -OCH3 is 1. The smallest absolute Gasteiger partial charge is 0.265 e. The van der Waals surface area contributed by atoms with E-state index in [1.165, 1.54) is 6.07 Å². The minimum atomic E-state index is -2.57. The molecule has 0 radical (unpaired) electrons. The Balaban J connectivity index is 2.20. The van der Waals surface area contributed by atoms with E-state index in [4.69, 9.17) is 10.5 Å². The van der Waals surface area contributed by atoms with E-state index in [0.717, 1.165) is 11.3 Å². The monoisotopic (exact) mass is 292 g/mol. The molecule has 3 nitrogen and oxygen atoms in total. The van der Waals surface area contributed by atoms with Gasteiger partial charge in [0.2, 0.25) is 0 Å². The number of nitrogens with two attached hydrogens (primary N) is 1. The molecule has 5 heteroatoms. The molecule has 0 aromatic heterocycles. The lowest BCUT2D eigenvalue weighted by Crippen LogP contribution is -2.09. The summed E-state index contributed by atoms with van der Waals surface area (Å²) in [5, 5.41) is 3.10. The van der Waals surface area contributed by atoms with Gasteiger partial charge in [-0.15, -0.1) is 0 Å². The summed E-state index contributed by atoms with van der Waals surface area (Å²) in [5.74, 6) is 0.756. The maximum absolute atomic E-state index is 13.0. The van der Waals surface area contributed by atoms with Gasteiger partial charge in [-0.25, -0.2) is 8.78 Å². The van der Waals surface area contributed by atoms with Crippen LogP contribution in [-0.4, -0.2) is 7.11 Å².